The standard InChI is InChI=1S/C24H22N4O2/c1-17-8-7-13-22-27-19(14-23(29)28(17)22)16-25-21-12-6-5-11-20(21)24(30)26-15-18-9-3-2-4-10-18/h2-14,25H,15-16H2,1H3,(H,26,30). The molecule has 4 rings (SSSR count). The Labute approximate surface area is 174 Å². The second-order valence-corrected chi connectivity index (χ2v) is 7.01. The number of hydrogen-bond donors (Lipinski definition) is 2. The van der Waals surface area contributed by atoms with Crippen LogP contribution >= 0.6 is 0 Å². The van der Waals surface area contributed by atoms with Crippen LogP contribution in [0.25, 0.3) is 5.65 Å². The molecule has 0 aliphatic carbocycles. The van der Waals surface area contributed by atoms with Gasteiger partial charge in [0.25, 0.3) is 11.5 Å². The minimum absolute atomic E-state index is 0.121. The number of aryl methyl sites for hydroxylation is 1. The molecule has 4 aromatic rings. The Kier molecular flexibility index (Phi) is 5.57. The van der Waals surface area contributed by atoms with Gasteiger partial charge in [-0.3, -0.25) is 14.0 Å². The van der Waals surface area contributed by atoms with Crippen LogP contribution in [-0.4, -0.2) is 15.3 Å². The van der Waals surface area contributed by atoms with Crippen LogP contribution in [0, 0.1) is 6.92 Å². The van der Waals surface area contributed by atoms with Gasteiger partial charge in [-0.25, -0.2) is 4.98 Å². The second kappa shape index (κ2) is 8.61. The van der Waals surface area contributed by atoms with Gasteiger partial charge in [0, 0.05) is 24.0 Å². The van der Waals surface area contributed by atoms with E-state index in [0.29, 0.717) is 35.7 Å². The highest BCUT2D eigenvalue weighted by Gasteiger charge is 2.11. The number of hydrogen-bond acceptors (Lipinski definition) is 4. The number of nitrogens with zero attached hydrogens (tertiary/aromatic N) is 2. The molecule has 2 N–H and O–H groups in total. The smallest absolute Gasteiger partial charge is 0.258 e. The van der Waals surface area contributed by atoms with Gasteiger partial charge in [-0.05, 0) is 36.8 Å². The van der Waals surface area contributed by atoms with Gasteiger partial charge < -0.3 is 10.6 Å². The van der Waals surface area contributed by atoms with Gasteiger partial charge in [0.05, 0.1) is 17.8 Å². The number of carbonyl (C=O) groups excluding carboxylic acids is 1. The highest BCUT2D eigenvalue weighted by Crippen LogP contribution is 2.16. The highest BCUT2D eigenvalue weighted by atomic mass is 16.1. The number of aromatic nitrogens is 2. The molecule has 2 heterocycles. The molecule has 0 spiro atoms. The molecule has 2 aromatic carbocycles. The Morgan fingerprint density at radius 3 is 2.53 bits per heavy atom. The van der Waals surface area contributed by atoms with Crippen LogP contribution in [0.4, 0.5) is 5.69 Å². The fourth-order valence-corrected chi connectivity index (χ4v) is 3.35. The summed E-state index contributed by atoms with van der Waals surface area (Å²) in [6.07, 6.45) is 0. The number of fused-ring (bicyclic) bond motifs is 1. The van der Waals surface area contributed by atoms with Crippen molar-refractivity contribution in [1.29, 1.82) is 0 Å². The molecular formula is C24H22N4O2. The Hall–Kier alpha value is -3.93. The molecule has 0 atom stereocenters. The first-order chi connectivity index (χ1) is 14.6. The average molecular weight is 398 g/mol. The quantitative estimate of drug-likeness (QED) is 0.521. The van der Waals surface area contributed by atoms with Crippen molar-refractivity contribution in [1.82, 2.24) is 14.7 Å². The normalized spacial score (nSPS) is 10.7. The summed E-state index contributed by atoms with van der Waals surface area (Å²) in [4.78, 5) is 29.7. The third kappa shape index (κ3) is 4.22. The lowest BCUT2D eigenvalue weighted by Gasteiger charge is -2.13. The van der Waals surface area contributed by atoms with E-state index >= 15 is 0 Å². The first-order valence-corrected chi connectivity index (χ1v) is 9.75. The van der Waals surface area contributed by atoms with E-state index in [9.17, 15) is 9.59 Å². The maximum absolute atomic E-state index is 12.7. The average Bonchev–Trinajstić information content (AvgIpc) is 2.77. The van der Waals surface area contributed by atoms with E-state index < -0.39 is 0 Å². The van der Waals surface area contributed by atoms with Crippen molar-refractivity contribution < 1.29 is 4.79 Å². The number of benzene rings is 2. The van der Waals surface area contributed by atoms with Gasteiger partial charge in [0.15, 0.2) is 0 Å². The second-order valence-electron chi connectivity index (χ2n) is 7.01. The zero-order valence-corrected chi connectivity index (χ0v) is 16.6. The zero-order chi connectivity index (χ0) is 20.9. The third-order valence-electron chi connectivity index (χ3n) is 4.86. The molecule has 0 aliphatic rings. The first-order valence-electron chi connectivity index (χ1n) is 9.75. The lowest BCUT2D eigenvalue weighted by molar-refractivity contribution is 0.0951. The molecule has 0 saturated heterocycles. The molecule has 0 aliphatic heterocycles. The van der Waals surface area contributed by atoms with Crippen molar-refractivity contribution in [3.8, 4) is 0 Å². The number of amides is 1. The summed E-state index contributed by atoms with van der Waals surface area (Å²) >= 11 is 0. The van der Waals surface area contributed by atoms with Crippen molar-refractivity contribution in [2.24, 2.45) is 0 Å². The van der Waals surface area contributed by atoms with Crippen LogP contribution in [0.3, 0.4) is 0 Å². The predicted molar refractivity (Wildman–Crippen MR) is 118 cm³/mol. The van der Waals surface area contributed by atoms with E-state index in [1.165, 1.54) is 6.07 Å². The van der Waals surface area contributed by atoms with Crippen molar-refractivity contribution in [2.45, 2.75) is 20.0 Å². The van der Waals surface area contributed by atoms with Crippen LogP contribution in [0.5, 0.6) is 0 Å². The predicted octanol–water partition coefficient (Wildman–Crippen LogP) is 3.55. The van der Waals surface area contributed by atoms with Gasteiger partial charge in [0.2, 0.25) is 0 Å². The minimum Gasteiger partial charge on any atom is -0.379 e. The number of pyridine rings is 1. The molecule has 0 bridgehead atoms. The molecular weight excluding hydrogens is 376 g/mol. The lowest BCUT2D eigenvalue weighted by atomic mass is 10.1. The Morgan fingerprint density at radius 1 is 0.933 bits per heavy atom. The summed E-state index contributed by atoms with van der Waals surface area (Å²) in [7, 11) is 0. The summed E-state index contributed by atoms with van der Waals surface area (Å²) in [5.41, 5.74) is 4.20. The summed E-state index contributed by atoms with van der Waals surface area (Å²) in [5, 5.41) is 6.19. The Bertz CT molecular complexity index is 1250. The highest BCUT2D eigenvalue weighted by molar-refractivity contribution is 5.99. The summed E-state index contributed by atoms with van der Waals surface area (Å²) < 4.78 is 1.58. The minimum atomic E-state index is -0.163. The van der Waals surface area contributed by atoms with Gasteiger partial charge in [-0.2, -0.15) is 0 Å². The molecule has 0 fully saturated rings. The molecule has 30 heavy (non-hydrogen) atoms. The fraction of sp³-hybridized carbons (Fsp3) is 0.125. The van der Waals surface area contributed by atoms with Gasteiger partial charge in [0.1, 0.15) is 5.65 Å². The summed E-state index contributed by atoms with van der Waals surface area (Å²) in [6, 6.07) is 24.1. The monoisotopic (exact) mass is 398 g/mol. The van der Waals surface area contributed by atoms with Crippen LogP contribution in [-0.2, 0) is 13.1 Å². The van der Waals surface area contributed by atoms with Gasteiger partial charge >= 0.3 is 0 Å². The van der Waals surface area contributed by atoms with Crippen LogP contribution in [0.15, 0.2) is 83.7 Å². The van der Waals surface area contributed by atoms with Crippen LogP contribution in [0.2, 0.25) is 0 Å². The lowest BCUT2D eigenvalue weighted by Crippen LogP contribution is -2.24. The maximum Gasteiger partial charge on any atom is 0.258 e. The van der Waals surface area contributed by atoms with Crippen LogP contribution in [0.1, 0.15) is 27.3 Å². The molecule has 0 unspecified atom stereocenters. The van der Waals surface area contributed by atoms with E-state index in [2.05, 4.69) is 15.6 Å². The van der Waals surface area contributed by atoms with Crippen molar-refractivity contribution >= 4 is 17.2 Å². The summed E-state index contributed by atoms with van der Waals surface area (Å²) in [5.74, 6) is -0.163. The third-order valence-corrected chi connectivity index (χ3v) is 4.86. The van der Waals surface area contributed by atoms with E-state index in [1.54, 1.807) is 10.5 Å². The van der Waals surface area contributed by atoms with Crippen LogP contribution < -0.4 is 16.2 Å². The molecule has 0 saturated carbocycles. The van der Waals surface area contributed by atoms with E-state index in [4.69, 9.17) is 0 Å². The van der Waals surface area contributed by atoms with E-state index in [0.717, 1.165) is 11.3 Å². The summed E-state index contributed by atoms with van der Waals surface area (Å²) in [6.45, 7) is 2.66. The maximum atomic E-state index is 12.7. The molecule has 6 heteroatoms. The van der Waals surface area contributed by atoms with Crippen molar-refractivity contribution in [2.75, 3.05) is 5.32 Å². The Morgan fingerprint density at radius 2 is 1.70 bits per heavy atom. The van der Waals surface area contributed by atoms with E-state index in [1.807, 2.05) is 73.7 Å². The van der Waals surface area contributed by atoms with Crippen molar-refractivity contribution in [3.63, 3.8) is 0 Å². The molecule has 2 aromatic heterocycles. The number of anilines is 1. The SMILES string of the molecule is Cc1cccc2nc(CNc3ccccc3C(=O)NCc3ccccc3)cc(=O)n12. The molecule has 6 nitrogen and oxygen atoms in total. The van der Waals surface area contributed by atoms with Gasteiger partial charge in [-0.15, -0.1) is 0 Å². The fourth-order valence-electron chi connectivity index (χ4n) is 3.35. The van der Waals surface area contributed by atoms with Crippen molar-refractivity contribution in [3.05, 3.63) is 112 Å². The Balaban J connectivity index is 1.50. The largest absolute Gasteiger partial charge is 0.379 e. The first kappa shape index (κ1) is 19.4. The zero-order valence-electron chi connectivity index (χ0n) is 16.6. The number of rotatable bonds is 6. The molecule has 0 radical (unpaired) electrons. The number of para-hydroxylation sites is 1. The number of nitrogens with one attached hydrogen (secondary N) is 2. The number of carbonyl (C=O) groups is 1. The van der Waals surface area contributed by atoms with E-state index in [-0.39, 0.29) is 11.5 Å². The van der Waals surface area contributed by atoms with Gasteiger partial charge in [-0.1, -0.05) is 48.5 Å². The molecule has 1 amide bonds. The molecule has 150 valence electrons. The topological polar surface area (TPSA) is 75.5 Å².